The first-order valence-corrected chi connectivity index (χ1v) is 14.7. The molecule has 2 bridgehead atoms. The summed E-state index contributed by atoms with van der Waals surface area (Å²) >= 11 is 6.08. The Kier molecular flexibility index (Phi) is 5.97. The number of hydrogen-bond donors (Lipinski definition) is 2. The minimum atomic E-state index is -0.910. The molecular formula is C30H28ClF3N6O2. The number of pyridine rings is 1. The van der Waals surface area contributed by atoms with Crippen LogP contribution in [0.2, 0.25) is 5.02 Å². The number of piperazine rings is 1. The fourth-order valence-electron chi connectivity index (χ4n) is 7.53. The number of nitrogens with zero attached hydrogens (tertiary/aromatic N) is 5. The number of nitrogens with one attached hydrogen (secondary N) is 1. The van der Waals surface area contributed by atoms with Crippen LogP contribution in [-0.4, -0.2) is 81.5 Å². The summed E-state index contributed by atoms with van der Waals surface area (Å²) in [6.45, 7) is 2.89. The fraction of sp³-hybridized carbons (Fsp3) is 0.433. The van der Waals surface area contributed by atoms with Gasteiger partial charge in [-0.1, -0.05) is 17.7 Å². The van der Waals surface area contributed by atoms with E-state index in [1.165, 1.54) is 24.4 Å². The zero-order chi connectivity index (χ0) is 28.7. The van der Waals surface area contributed by atoms with Gasteiger partial charge in [0.25, 0.3) is 0 Å². The van der Waals surface area contributed by atoms with Crippen molar-refractivity contribution in [1.82, 2.24) is 25.2 Å². The first kappa shape index (κ1) is 26.2. The van der Waals surface area contributed by atoms with E-state index in [0.29, 0.717) is 42.1 Å². The second-order valence-corrected chi connectivity index (χ2v) is 12.4. The van der Waals surface area contributed by atoms with Gasteiger partial charge in [0.15, 0.2) is 5.82 Å². The zero-order valence-corrected chi connectivity index (χ0v) is 23.3. The van der Waals surface area contributed by atoms with E-state index in [4.69, 9.17) is 21.3 Å². The summed E-state index contributed by atoms with van der Waals surface area (Å²) < 4.78 is 52.4. The van der Waals surface area contributed by atoms with Crippen molar-refractivity contribution in [2.24, 2.45) is 0 Å². The molecule has 0 unspecified atom stereocenters. The highest BCUT2D eigenvalue weighted by Crippen LogP contribution is 2.42. The lowest BCUT2D eigenvalue weighted by Gasteiger charge is -2.32. The van der Waals surface area contributed by atoms with Crippen LogP contribution < -0.4 is 15.0 Å². The molecular weight excluding hydrogens is 569 g/mol. The Morgan fingerprint density at radius 2 is 2.05 bits per heavy atom. The highest BCUT2D eigenvalue weighted by atomic mass is 35.5. The first-order valence-electron chi connectivity index (χ1n) is 14.3. The smallest absolute Gasteiger partial charge is 0.319 e. The van der Waals surface area contributed by atoms with Crippen molar-refractivity contribution < 1.29 is 23.0 Å². The highest BCUT2D eigenvalue weighted by molar-refractivity contribution is 6.31. The van der Waals surface area contributed by atoms with Gasteiger partial charge in [-0.2, -0.15) is 9.97 Å². The number of benzene rings is 2. The van der Waals surface area contributed by atoms with Gasteiger partial charge in [0.1, 0.15) is 41.4 Å². The van der Waals surface area contributed by atoms with Crippen LogP contribution in [0.5, 0.6) is 11.8 Å². The van der Waals surface area contributed by atoms with E-state index < -0.39 is 23.3 Å². The molecule has 4 aliphatic heterocycles. The number of alkyl halides is 1. The molecule has 0 saturated carbocycles. The molecule has 8 rings (SSSR count). The third kappa shape index (κ3) is 4.00. The number of phenolic OH excluding ortho intramolecular Hbond substituents is 1. The molecule has 2 N–H and O–H groups in total. The number of aromatic nitrogens is 3. The third-order valence-corrected chi connectivity index (χ3v) is 9.74. The van der Waals surface area contributed by atoms with Crippen LogP contribution in [0.4, 0.5) is 19.0 Å². The monoisotopic (exact) mass is 596 g/mol. The van der Waals surface area contributed by atoms with Gasteiger partial charge in [-0.15, -0.1) is 0 Å². The lowest BCUT2D eigenvalue weighted by atomic mass is 9.95. The van der Waals surface area contributed by atoms with Crippen molar-refractivity contribution >= 4 is 39.1 Å². The Morgan fingerprint density at radius 1 is 1.17 bits per heavy atom. The first-order chi connectivity index (χ1) is 20.3. The van der Waals surface area contributed by atoms with E-state index in [-0.39, 0.29) is 51.6 Å². The van der Waals surface area contributed by atoms with Gasteiger partial charge in [-0.25, -0.2) is 13.2 Å². The Hall–Kier alpha value is -3.41. The molecule has 4 atom stereocenters. The molecule has 2 aromatic carbocycles. The summed E-state index contributed by atoms with van der Waals surface area (Å²) in [4.78, 5) is 17.9. The maximum atomic E-state index is 16.6. The minimum Gasteiger partial charge on any atom is -0.508 e. The van der Waals surface area contributed by atoms with Crippen LogP contribution in [0.3, 0.4) is 0 Å². The maximum absolute atomic E-state index is 16.6. The summed E-state index contributed by atoms with van der Waals surface area (Å²) in [5, 5.41) is 14.5. The molecule has 42 heavy (non-hydrogen) atoms. The van der Waals surface area contributed by atoms with Crippen LogP contribution in [0.25, 0.3) is 32.9 Å². The Morgan fingerprint density at radius 3 is 2.86 bits per heavy atom. The van der Waals surface area contributed by atoms with Crippen molar-refractivity contribution in [1.29, 1.82) is 0 Å². The Balaban J connectivity index is 1.27. The van der Waals surface area contributed by atoms with Gasteiger partial charge < -0.3 is 20.1 Å². The van der Waals surface area contributed by atoms with Crippen molar-refractivity contribution in [2.45, 2.75) is 49.5 Å². The quantitative estimate of drug-likeness (QED) is 0.333. The molecule has 12 heteroatoms. The van der Waals surface area contributed by atoms with E-state index in [1.54, 1.807) is 6.07 Å². The van der Waals surface area contributed by atoms with Crippen LogP contribution in [0, 0.1) is 11.6 Å². The zero-order valence-electron chi connectivity index (χ0n) is 22.6. The second-order valence-electron chi connectivity index (χ2n) is 12.0. The average molecular weight is 597 g/mol. The summed E-state index contributed by atoms with van der Waals surface area (Å²) in [6.07, 6.45) is 3.69. The average Bonchev–Trinajstić information content (AvgIpc) is 3.75. The van der Waals surface area contributed by atoms with Crippen LogP contribution in [0.15, 0.2) is 30.5 Å². The molecule has 2 aromatic heterocycles. The van der Waals surface area contributed by atoms with Crippen molar-refractivity contribution in [3.05, 3.63) is 47.1 Å². The van der Waals surface area contributed by atoms with Gasteiger partial charge in [0, 0.05) is 55.3 Å². The number of fused-ring (bicyclic) bond motifs is 5. The number of halogens is 4. The van der Waals surface area contributed by atoms with Crippen molar-refractivity contribution in [2.75, 3.05) is 37.7 Å². The topological polar surface area (TPSA) is 86.6 Å². The second kappa shape index (κ2) is 9.55. The largest absolute Gasteiger partial charge is 0.508 e. The van der Waals surface area contributed by atoms with Crippen molar-refractivity contribution in [3.8, 4) is 23.0 Å². The molecule has 4 saturated heterocycles. The maximum Gasteiger partial charge on any atom is 0.319 e. The van der Waals surface area contributed by atoms with Gasteiger partial charge in [-0.3, -0.25) is 9.88 Å². The van der Waals surface area contributed by atoms with Gasteiger partial charge in [0.05, 0.1) is 15.9 Å². The van der Waals surface area contributed by atoms with E-state index >= 15 is 8.78 Å². The number of ether oxygens (including phenoxy) is 1. The summed E-state index contributed by atoms with van der Waals surface area (Å²) in [6, 6.07) is 6.08. The predicted octanol–water partition coefficient (Wildman–Crippen LogP) is 4.99. The van der Waals surface area contributed by atoms with E-state index in [9.17, 15) is 9.50 Å². The molecule has 0 aliphatic carbocycles. The van der Waals surface area contributed by atoms with Gasteiger partial charge in [-0.05, 0) is 49.4 Å². The number of hydrogen-bond acceptors (Lipinski definition) is 8. The van der Waals surface area contributed by atoms with E-state index in [0.717, 1.165) is 32.4 Å². The Labute approximate surface area is 244 Å². The fourth-order valence-corrected chi connectivity index (χ4v) is 7.69. The molecule has 8 nitrogen and oxygen atoms in total. The van der Waals surface area contributed by atoms with E-state index in [2.05, 4.69) is 25.1 Å². The molecule has 4 fully saturated rings. The molecule has 4 aliphatic rings. The standard InChI is InChI=1S/C30H28ClF3N6O2/c31-22-3-2-15-6-19(41)8-20(23(15)24(22)33)26-25(34)27-21(11-36-26)28(40-13-17-7-18(40)10-35-17)38-29(37-27)42-14-30-4-1-5-39(30)12-16(32)9-30/h2-3,6,8,11,16-18,35,41H,1,4-5,7,9-10,12-14H2/t16-,17-,18-,30+/m1/s1. The number of aromatic hydroxyl groups is 1. The predicted molar refractivity (Wildman–Crippen MR) is 153 cm³/mol. The molecule has 4 aromatic rings. The molecule has 218 valence electrons. The van der Waals surface area contributed by atoms with Crippen LogP contribution in [-0.2, 0) is 0 Å². The number of phenols is 1. The molecule has 0 amide bonds. The Bertz CT molecular complexity index is 1760. The summed E-state index contributed by atoms with van der Waals surface area (Å²) in [5.41, 5.74) is -0.572. The lowest BCUT2D eigenvalue weighted by Crippen LogP contribution is -2.44. The summed E-state index contributed by atoms with van der Waals surface area (Å²) in [5.74, 6) is -1.18. The normalized spacial score (nSPS) is 27.0. The van der Waals surface area contributed by atoms with Gasteiger partial charge >= 0.3 is 6.01 Å². The SMILES string of the molecule is Oc1cc(-c2ncc3c(N4C[C@H]5C[C@@H]4CN5)nc(OC[C@@]45CCCN4C[C@H](F)C5)nc3c2F)c2c(F)c(Cl)ccc2c1. The van der Waals surface area contributed by atoms with Crippen molar-refractivity contribution in [3.63, 3.8) is 0 Å². The lowest BCUT2D eigenvalue weighted by molar-refractivity contribution is 0.107. The van der Waals surface area contributed by atoms with Crippen LogP contribution in [0.1, 0.15) is 25.7 Å². The molecule has 0 radical (unpaired) electrons. The number of anilines is 1. The van der Waals surface area contributed by atoms with Crippen LogP contribution >= 0.6 is 11.6 Å². The molecule has 6 heterocycles. The van der Waals surface area contributed by atoms with E-state index in [1.807, 2.05) is 0 Å². The highest BCUT2D eigenvalue weighted by Gasteiger charge is 2.49. The molecule has 0 spiro atoms. The van der Waals surface area contributed by atoms with Gasteiger partial charge in [0.2, 0.25) is 0 Å². The summed E-state index contributed by atoms with van der Waals surface area (Å²) in [7, 11) is 0. The number of rotatable bonds is 5. The third-order valence-electron chi connectivity index (χ3n) is 9.45. The minimum absolute atomic E-state index is 0.00260.